The van der Waals surface area contributed by atoms with E-state index in [1.54, 1.807) is 6.07 Å². The van der Waals surface area contributed by atoms with Gasteiger partial charge < -0.3 is 9.80 Å². The van der Waals surface area contributed by atoms with Gasteiger partial charge in [-0.15, -0.1) is 0 Å². The van der Waals surface area contributed by atoms with E-state index in [0.29, 0.717) is 37.4 Å². The van der Waals surface area contributed by atoms with E-state index in [4.69, 9.17) is 0 Å². The lowest BCUT2D eigenvalue weighted by molar-refractivity contribution is -0.137. The van der Waals surface area contributed by atoms with Gasteiger partial charge in [0.25, 0.3) is 0 Å². The van der Waals surface area contributed by atoms with Crippen molar-refractivity contribution in [3.05, 3.63) is 34.9 Å². The molecule has 0 radical (unpaired) electrons. The SMILES string of the molecule is CN(CCC#Cc1cccc(C=O)c1CN(C)C1CCC(=O)NC1=O)C1CCN(C=O)CC1. The molecule has 2 fully saturated rings. The first kappa shape index (κ1) is 24.6. The average Bonchev–Trinajstić information content (AvgIpc) is 2.82. The second-order valence-corrected chi connectivity index (χ2v) is 8.78. The Morgan fingerprint density at radius 3 is 2.55 bits per heavy atom. The Morgan fingerprint density at radius 1 is 1.12 bits per heavy atom. The van der Waals surface area contributed by atoms with Crippen molar-refractivity contribution in [2.45, 2.75) is 50.7 Å². The zero-order chi connectivity index (χ0) is 23.8. The van der Waals surface area contributed by atoms with Gasteiger partial charge in [0.2, 0.25) is 18.2 Å². The van der Waals surface area contributed by atoms with Crippen molar-refractivity contribution < 1.29 is 19.2 Å². The highest BCUT2D eigenvalue weighted by Gasteiger charge is 2.30. The lowest BCUT2D eigenvalue weighted by Gasteiger charge is -2.34. The van der Waals surface area contributed by atoms with Gasteiger partial charge in [0.1, 0.15) is 6.29 Å². The Labute approximate surface area is 195 Å². The fraction of sp³-hybridized carbons (Fsp3) is 0.520. The number of nitrogens with zero attached hydrogens (tertiary/aromatic N) is 3. The van der Waals surface area contributed by atoms with E-state index < -0.39 is 6.04 Å². The molecule has 2 aliphatic heterocycles. The van der Waals surface area contributed by atoms with Crippen molar-refractivity contribution in [2.75, 3.05) is 33.7 Å². The monoisotopic (exact) mass is 452 g/mol. The fourth-order valence-corrected chi connectivity index (χ4v) is 4.48. The molecule has 176 valence electrons. The summed E-state index contributed by atoms with van der Waals surface area (Å²) in [5.74, 6) is 5.91. The normalized spacial score (nSPS) is 19.3. The number of likely N-dealkylation sites (N-methyl/N-ethyl adjacent to an activating group) is 1. The molecular weight excluding hydrogens is 420 g/mol. The van der Waals surface area contributed by atoms with Gasteiger partial charge in [0, 0.05) is 56.2 Å². The zero-order valence-corrected chi connectivity index (χ0v) is 19.4. The summed E-state index contributed by atoms with van der Waals surface area (Å²) < 4.78 is 0. The summed E-state index contributed by atoms with van der Waals surface area (Å²) in [5, 5.41) is 2.38. The van der Waals surface area contributed by atoms with E-state index in [-0.39, 0.29) is 11.8 Å². The molecule has 1 unspecified atom stereocenters. The van der Waals surface area contributed by atoms with Crippen LogP contribution in [0.4, 0.5) is 0 Å². The molecule has 1 N–H and O–H groups in total. The molecule has 0 saturated carbocycles. The molecule has 8 nitrogen and oxygen atoms in total. The predicted molar refractivity (Wildman–Crippen MR) is 124 cm³/mol. The molecule has 0 aliphatic carbocycles. The van der Waals surface area contributed by atoms with Crippen molar-refractivity contribution in [1.82, 2.24) is 20.0 Å². The van der Waals surface area contributed by atoms with Gasteiger partial charge >= 0.3 is 0 Å². The third-order valence-corrected chi connectivity index (χ3v) is 6.57. The van der Waals surface area contributed by atoms with E-state index in [2.05, 4.69) is 29.1 Å². The Morgan fingerprint density at radius 2 is 1.88 bits per heavy atom. The van der Waals surface area contributed by atoms with Crippen LogP contribution in [0.2, 0.25) is 0 Å². The minimum atomic E-state index is -0.414. The van der Waals surface area contributed by atoms with E-state index in [1.807, 2.05) is 29.0 Å². The maximum absolute atomic E-state index is 12.2. The van der Waals surface area contributed by atoms with Gasteiger partial charge in [0.15, 0.2) is 0 Å². The van der Waals surface area contributed by atoms with Crippen LogP contribution in [-0.4, -0.2) is 85.0 Å². The van der Waals surface area contributed by atoms with Crippen molar-refractivity contribution in [1.29, 1.82) is 0 Å². The van der Waals surface area contributed by atoms with Crippen LogP contribution in [0.25, 0.3) is 0 Å². The maximum Gasteiger partial charge on any atom is 0.243 e. The van der Waals surface area contributed by atoms with Crippen LogP contribution in [0.1, 0.15) is 53.6 Å². The molecule has 1 aromatic rings. The summed E-state index contributed by atoms with van der Waals surface area (Å²) in [7, 11) is 3.92. The van der Waals surface area contributed by atoms with Crippen LogP contribution in [0, 0.1) is 11.8 Å². The van der Waals surface area contributed by atoms with Crippen LogP contribution in [0.3, 0.4) is 0 Å². The second-order valence-electron chi connectivity index (χ2n) is 8.78. The minimum absolute atomic E-state index is 0.247. The Balaban J connectivity index is 1.63. The van der Waals surface area contributed by atoms with Gasteiger partial charge in [0.05, 0.1) is 6.04 Å². The van der Waals surface area contributed by atoms with Gasteiger partial charge in [-0.25, -0.2) is 0 Å². The van der Waals surface area contributed by atoms with Crippen LogP contribution < -0.4 is 5.32 Å². The predicted octanol–water partition coefficient (Wildman–Crippen LogP) is 1.03. The Hall–Kier alpha value is -3.02. The van der Waals surface area contributed by atoms with E-state index >= 15 is 0 Å². The highest BCUT2D eigenvalue weighted by atomic mass is 16.2. The molecule has 1 atom stereocenters. The molecule has 8 heteroatoms. The number of carbonyl (C=O) groups excluding carboxylic acids is 4. The summed E-state index contributed by atoms with van der Waals surface area (Å²) in [5.41, 5.74) is 2.13. The van der Waals surface area contributed by atoms with Crippen LogP contribution in [-0.2, 0) is 20.9 Å². The average molecular weight is 453 g/mol. The summed E-state index contributed by atoms with van der Waals surface area (Å²) in [6.45, 7) is 2.82. The minimum Gasteiger partial charge on any atom is -0.345 e. The summed E-state index contributed by atoms with van der Waals surface area (Å²) in [4.78, 5) is 52.2. The van der Waals surface area contributed by atoms with E-state index in [9.17, 15) is 19.2 Å². The molecule has 0 aromatic heterocycles. The third-order valence-electron chi connectivity index (χ3n) is 6.57. The van der Waals surface area contributed by atoms with Gasteiger partial charge in [-0.05, 0) is 45.0 Å². The lowest BCUT2D eigenvalue weighted by atomic mass is 9.99. The lowest BCUT2D eigenvalue weighted by Crippen LogP contribution is -2.51. The van der Waals surface area contributed by atoms with E-state index in [0.717, 1.165) is 56.3 Å². The molecule has 3 amide bonds. The quantitative estimate of drug-likeness (QED) is 0.360. The largest absolute Gasteiger partial charge is 0.345 e. The number of rotatable bonds is 8. The molecular formula is C25H32N4O4. The van der Waals surface area contributed by atoms with Crippen LogP contribution >= 0.6 is 0 Å². The molecule has 1 aromatic carbocycles. The topological polar surface area (TPSA) is 90.0 Å². The number of amides is 3. The fourth-order valence-electron chi connectivity index (χ4n) is 4.48. The number of hydrogen-bond acceptors (Lipinski definition) is 6. The van der Waals surface area contributed by atoms with Crippen molar-refractivity contribution in [2.24, 2.45) is 0 Å². The number of benzene rings is 1. The number of carbonyl (C=O) groups is 4. The van der Waals surface area contributed by atoms with Gasteiger partial charge in [-0.3, -0.25) is 29.4 Å². The maximum atomic E-state index is 12.2. The van der Waals surface area contributed by atoms with Crippen molar-refractivity contribution in [3.63, 3.8) is 0 Å². The van der Waals surface area contributed by atoms with Gasteiger partial charge in [-0.2, -0.15) is 0 Å². The first-order valence-electron chi connectivity index (χ1n) is 11.4. The zero-order valence-electron chi connectivity index (χ0n) is 19.4. The third kappa shape index (κ3) is 6.50. The van der Waals surface area contributed by atoms with E-state index in [1.165, 1.54) is 0 Å². The highest BCUT2D eigenvalue weighted by molar-refractivity contribution is 6.00. The Kier molecular flexibility index (Phi) is 8.75. The number of aldehydes is 1. The number of piperidine rings is 2. The summed E-state index contributed by atoms with van der Waals surface area (Å²) >= 11 is 0. The number of hydrogen-bond donors (Lipinski definition) is 1. The highest BCUT2D eigenvalue weighted by Crippen LogP contribution is 2.19. The van der Waals surface area contributed by atoms with Crippen LogP contribution in [0.15, 0.2) is 18.2 Å². The number of imide groups is 1. The summed E-state index contributed by atoms with van der Waals surface area (Å²) in [6.07, 6.45) is 5.15. The van der Waals surface area contributed by atoms with Crippen molar-refractivity contribution >= 4 is 24.5 Å². The molecule has 2 heterocycles. The van der Waals surface area contributed by atoms with Crippen LogP contribution in [0.5, 0.6) is 0 Å². The molecule has 2 aliphatic rings. The van der Waals surface area contributed by atoms with Crippen molar-refractivity contribution in [3.8, 4) is 11.8 Å². The van der Waals surface area contributed by atoms with Gasteiger partial charge in [-0.1, -0.05) is 24.0 Å². The number of nitrogens with one attached hydrogen (secondary N) is 1. The second kappa shape index (κ2) is 11.7. The first-order valence-corrected chi connectivity index (χ1v) is 11.4. The number of likely N-dealkylation sites (tertiary alicyclic amines) is 1. The molecule has 33 heavy (non-hydrogen) atoms. The smallest absolute Gasteiger partial charge is 0.243 e. The standard InChI is InChI=1S/C25H32N4O4/c1-27(21-11-14-29(18-31)15-12-21)13-4-3-6-19-7-5-8-20(17-30)22(19)16-28(2)23-9-10-24(32)26-25(23)33/h5,7-8,17-18,21,23H,4,9-16H2,1-2H3,(H,26,32,33). The molecule has 0 spiro atoms. The Bertz CT molecular complexity index is 943. The molecule has 0 bridgehead atoms. The first-order chi connectivity index (χ1) is 15.9. The summed E-state index contributed by atoms with van der Waals surface area (Å²) in [6, 6.07) is 5.51. The molecule has 2 saturated heterocycles. The molecule has 3 rings (SSSR count).